The second-order valence-electron chi connectivity index (χ2n) is 3.47. The first-order valence-electron chi connectivity index (χ1n) is 4.90. The summed E-state index contributed by atoms with van der Waals surface area (Å²) in [4.78, 5) is 23.6. The molecule has 1 fully saturated rings. The van der Waals surface area contributed by atoms with Crippen molar-refractivity contribution in [2.24, 2.45) is 0 Å². The normalized spacial score (nSPS) is 24.2. The van der Waals surface area contributed by atoms with Crippen molar-refractivity contribution < 1.29 is 24.2 Å². The van der Waals surface area contributed by atoms with Crippen molar-refractivity contribution in [2.75, 3.05) is 20.3 Å². The second kappa shape index (κ2) is 5.50. The van der Waals surface area contributed by atoms with Crippen LogP contribution in [-0.4, -0.2) is 54.5 Å². The number of carbonyl (C=O) groups is 2. The minimum absolute atomic E-state index is 0.0688. The van der Waals surface area contributed by atoms with E-state index in [1.165, 1.54) is 18.1 Å². The van der Waals surface area contributed by atoms with E-state index in [4.69, 9.17) is 14.6 Å². The summed E-state index contributed by atoms with van der Waals surface area (Å²) in [5, 5.41) is 8.95. The average Bonchev–Trinajstić information content (AvgIpc) is 2.70. The number of methoxy groups -OCH3 is 1. The quantitative estimate of drug-likeness (QED) is 0.710. The number of ether oxygens (including phenoxy) is 2. The third kappa shape index (κ3) is 2.73. The lowest BCUT2D eigenvalue weighted by Crippen LogP contribution is -2.40. The van der Waals surface area contributed by atoms with Gasteiger partial charge in [-0.05, 0) is 0 Å². The molecule has 0 aliphatic carbocycles. The Labute approximate surface area is 93.4 Å². The zero-order valence-corrected chi connectivity index (χ0v) is 9.09. The van der Waals surface area contributed by atoms with Gasteiger partial charge in [-0.3, -0.25) is 4.90 Å². The molecular weight excluding hydrogens is 214 g/mol. The van der Waals surface area contributed by atoms with Gasteiger partial charge in [0, 0.05) is 13.5 Å². The van der Waals surface area contributed by atoms with Crippen molar-refractivity contribution in [3.05, 3.63) is 12.7 Å². The molecule has 1 amide bonds. The van der Waals surface area contributed by atoms with E-state index in [2.05, 4.69) is 6.58 Å². The average molecular weight is 229 g/mol. The van der Waals surface area contributed by atoms with Gasteiger partial charge < -0.3 is 14.6 Å². The van der Waals surface area contributed by atoms with E-state index >= 15 is 0 Å². The minimum Gasteiger partial charge on any atom is -0.480 e. The van der Waals surface area contributed by atoms with Gasteiger partial charge in [0.1, 0.15) is 12.6 Å². The lowest BCUT2D eigenvalue weighted by Gasteiger charge is -2.19. The van der Waals surface area contributed by atoms with Gasteiger partial charge in [-0.25, -0.2) is 9.59 Å². The molecule has 0 bridgehead atoms. The SMILES string of the molecule is C=CCOC(=O)N1C[C@@H](OC)C[C@@H]1C(=O)O. The predicted molar refractivity (Wildman–Crippen MR) is 55.1 cm³/mol. The summed E-state index contributed by atoms with van der Waals surface area (Å²) in [6.07, 6.45) is 0.816. The summed E-state index contributed by atoms with van der Waals surface area (Å²) in [6.45, 7) is 3.72. The zero-order valence-electron chi connectivity index (χ0n) is 9.09. The molecular formula is C10H15NO5. The van der Waals surface area contributed by atoms with Crippen molar-refractivity contribution in [3.8, 4) is 0 Å². The van der Waals surface area contributed by atoms with Gasteiger partial charge in [0.05, 0.1) is 12.6 Å². The topological polar surface area (TPSA) is 76.1 Å². The number of carboxylic acids is 1. The number of carboxylic acid groups (broad SMARTS) is 1. The van der Waals surface area contributed by atoms with Gasteiger partial charge >= 0.3 is 12.1 Å². The van der Waals surface area contributed by atoms with Gasteiger partial charge in [0.15, 0.2) is 0 Å². The highest BCUT2D eigenvalue weighted by atomic mass is 16.6. The van der Waals surface area contributed by atoms with Crippen LogP contribution in [0.5, 0.6) is 0 Å². The molecule has 1 heterocycles. The fourth-order valence-electron chi connectivity index (χ4n) is 1.62. The molecule has 6 nitrogen and oxygen atoms in total. The van der Waals surface area contributed by atoms with Crippen LogP contribution in [0.15, 0.2) is 12.7 Å². The van der Waals surface area contributed by atoms with Crippen LogP contribution in [0.2, 0.25) is 0 Å². The van der Waals surface area contributed by atoms with Crippen LogP contribution in [0.4, 0.5) is 4.79 Å². The Morgan fingerprint density at radius 2 is 2.31 bits per heavy atom. The molecule has 1 rings (SSSR count). The molecule has 1 aliphatic rings. The Morgan fingerprint density at radius 1 is 1.62 bits per heavy atom. The first kappa shape index (κ1) is 12.5. The van der Waals surface area contributed by atoms with Crippen molar-refractivity contribution in [2.45, 2.75) is 18.6 Å². The first-order valence-corrected chi connectivity index (χ1v) is 4.90. The largest absolute Gasteiger partial charge is 0.480 e. The molecule has 0 aromatic rings. The number of aliphatic carboxylic acids is 1. The third-order valence-corrected chi connectivity index (χ3v) is 2.44. The zero-order chi connectivity index (χ0) is 12.1. The van der Waals surface area contributed by atoms with E-state index in [1.807, 2.05) is 0 Å². The highest BCUT2D eigenvalue weighted by Gasteiger charge is 2.40. The number of carbonyl (C=O) groups excluding carboxylic acids is 1. The number of likely N-dealkylation sites (tertiary alicyclic amines) is 1. The molecule has 1 N–H and O–H groups in total. The summed E-state index contributed by atoms with van der Waals surface area (Å²) >= 11 is 0. The smallest absolute Gasteiger partial charge is 0.410 e. The molecule has 0 aromatic heterocycles. The van der Waals surface area contributed by atoms with Gasteiger partial charge in [0.2, 0.25) is 0 Å². The second-order valence-corrected chi connectivity index (χ2v) is 3.47. The number of rotatable bonds is 4. The molecule has 6 heteroatoms. The van der Waals surface area contributed by atoms with E-state index in [1.54, 1.807) is 0 Å². The van der Waals surface area contributed by atoms with Crippen LogP contribution in [0.3, 0.4) is 0 Å². The highest BCUT2D eigenvalue weighted by Crippen LogP contribution is 2.21. The van der Waals surface area contributed by atoms with Gasteiger partial charge in [0.25, 0.3) is 0 Å². The molecule has 0 radical (unpaired) electrons. The Balaban J connectivity index is 2.64. The standard InChI is InChI=1S/C10H15NO5/c1-3-4-16-10(14)11-6-7(15-2)5-8(11)9(12)13/h3,7-8H,1,4-6H2,2H3,(H,12,13)/t7-,8+/m0/s1. The van der Waals surface area contributed by atoms with Crippen molar-refractivity contribution in [3.63, 3.8) is 0 Å². The maximum Gasteiger partial charge on any atom is 0.410 e. The number of hydrogen-bond donors (Lipinski definition) is 1. The van der Waals surface area contributed by atoms with Crippen molar-refractivity contribution >= 4 is 12.1 Å². The van der Waals surface area contributed by atoms with E-state index in [0.717, 1.165) is 0 Å². The maximum atomic E-state index is 11.5. The molecule has 90 valence electrons. The highest BCUT2D eigenvalue weighted by molar-refractivity contribution is 5.80. The van der Waals surface area contributed by atoms with Crippen LogP contribution in [-0.2, 0) is 14.3 Å². The number of nitrogens with zero attached hydrogens (tertiary/aromatic N) is 1. The lowest BCUT2D eigenvalue weighted by atomic mass is 10.2. The number of amides is 1. The first-order chi connectivity index (χ1) is 7.60. The van der Waals surface area contributed by atoms with E-state index in [0.29, 0.717) is 0 Å². The van der Waals surface area contributed by atoms with E-state index in [9.17, 15) is 9.59 Å². The molecule has 2 atom stereocenters. The van der Waals surface area contributed by atoms with E-state index in [-0.39, 0.29) is 25.7 Å². The molecule has 1 aliphatic heterocycles. The molecule has 0 saturated carbocycles. The van der Waals surface area contributed by atoms with E-state index < -0.39 is 18.1 Å². The fraction of sp³-hybridized carbons (Fsp3) is 0.600. The van der Waals surface area contributed by atoms with Crippen molar-refractivity contribution in [1.29, 1.82) is 0 Å². The van der Waals surface area contributed by atoms with Crippen LogP contribution in [0.1, 0.15) is 6.42 Å². The molecule has 0 aromatic carbocycles. The lowest BCUT2D eigenvalue weighted by molar-refractivity contribution is -0.141. The molecule has 16 heavy (non-hydrogen) atoms. The Morgan fingerprint density at radius 3 is 2.81 bits per heavy atom. The third-order valence-electron chi connectivity index (χ3n) is 2.44. The Hall–Kier alpha value is -1.56. The maximum absolute atomic E-state index is 11.5. The Bertz CT molecular complexity index is 291. The van der Waals surface area contributed by atoms with Crippen LogP contribution in [0, 0.1) is 0 Å². The van der Waals surface area contributed by atoms with Crippen LogP contribution >= 0.6 is 0 Å². The van der Waals surface area contributed by atoms with Crippen LogP contribution in [0.25, 0.3) is 0 Å². The van der Waals surface area contributed by atoms with Crippen LogP contribution < -0.4 is 0 Å². The predicted octanol–water partition coefficient (Wildman–Crippen LogP) is 0.483. The van der Waals surface area contributed by atoms with Gasteiger partial charge in [-0.2, -0.15) is 0 Å². The summed E-state index contributed by atoms with van der Waals surface area (Å²) in [6, 6.07) is -0.873. The van der Waals surface area contributed by atoms with Gasteiger partial charge in [-0.1, -0.05) is 12.7 Å². The molecule has 1 saturated heterocycles. The minimum atomic E-state index is -1.05. The van der Waals surface area contributed by atoms with Crippen molar-refractivity contribution in [1.82, 2.24) is 4.90 Å². The summed E-state index contributed by atoms with van der Waals surface area (Å²) in [5.74, 6) is -1.05. The monoisotopic (exact) mass is 229 g/mol. The summed E-state index contributed by atoms with van der Waals surface area (Å²) in [7, 11) is 1.49. The molecule has 0 unspecified atom stereocenters. The van der Waals surface area contributed by atoms with Gasteiger partial charge in [-0.15, -0.1) is 0 Å². The Kier molecular flexibility index (Phi) is 4.30. The fourth-order valence-corrected chi connectivity index (χ4v) is 1.62. The number of hydrogen-bond acceptors (Lipinski definition) is 4. The molecule has 0 spiro atoms. The summed E-state index contributed by atoms with van der Waals surface area (Å²) in [5.41, 5.74) is 0. The summed E-state index contributed by atoms with van der Waals surface area (Å²) < 4.78 is 9.84.